The maximum Gasteiger partial charge on any atom is 0.233 e. The summed E-state index contributed by atoms with van der Waals surface area (Å²) >= 11 is 0. The first-order chi connectivity index (χ1) is 9.15. The molecule has 2 aliphatic rings. The van der Waals surface area contributed by atoms with Gasteiger partial charge in [0.25, 0.3) is 0 Å². The Bertz CT molecular complexity index is 296. The lowest BCUT2D eigenvalue weighted by molar-refractivity contribution is -0.120. The Morgan fingerprint density at radius 2 is 2.32 bits per heavy atom. The number of carbonyl (C=O) groups is 1. The van der Waals surface area contributed by atoms with Crippen LogP contribution in [-0.2, 0) is 9.53 Å². The van der Waals surface area contributed by atoms with Crippen molar-refractivity contribution >= 4 is 5.91 Å². The molecule has 2 aliphatic heterocycles. The van der Waals surface area contributed by atoms with Gasteiger partial charge in [0, 0.05) is 25.7 Å². The molecule has 0 radical (unpaired) electrons. The van der Waals surface area contributed by atoms with E-state index in [1.807, 2.05) is 0 Å². The number of hydrogen-bond acceptors (Lipinski definition) is 4. The Kier molecular flexibility index (Phi) is 5.60. The van der Waals surface area contributed by atoms with Crippen molar-refractivity contribution in [2.75, 3.05) is 39.3 Å². The van der Waals surface area contributed by atoms with Crippen LogP contribution in [0.4, 0.5) is 0 Å². The lowest BCUT2D eigenvalue weighted by atomic mass is 10.2. The Morgan fingerprint density at radius 1 is 1.47 bits per heavy atom. The van der Waals surface area contributed by atoms with E-state index >= 15 is 0 Å². The molecular weight excluding hydrogens is 242 g/mol. The molecule has 110 valence electrons. The molecule has 0 aliphatic carbocycles. The average molecular weight is 269 g/mol. The molecule has 0 aromatic carbocycles. The minimum Gasteiger partial charge on any atom is -0.374 e. The first-order valence-corrected chi connectivity index (χ1v) is 7.48. The van der Waals surface area contributed by atoms with Crippen LogP contribution in [0.3, 0.4) is 0 Å². The van der Waals surface area contributed by atoms with Gasteiger partial charge >= 0.3 is 0 Å². The van der Waals surface area contributed by atoms with Crippen molar-refractivity contribution in [1.29, 1.82) is 0 Å². The molecule has 2 saturated heterocycles. The highest BCUT2D eigenvalue weighted by atomic mass is 16.5. The number of ether oxygens (including phenoxy) is 1. The molecule has 0 aromatic rings. The normalized spacial score (nSPS) is 27.5. The predicted molar refractivity (Wildman–Crippen MR) is 75.1 cm³/mol. The summed E-state index contributed by atoms with van der Waals surface area (Å²) in [6.45, 7) is 9.15. The zero-order chi connectivity index (χ0) is 13.7. The summed E-state index contributed by atoms with van der Waals surface area (Å²) in [5.41, 5.74) is 0. The van der Waals surface area contributed by atoms with Gasteiger partial charge in [0.2, 0.25) is 5.91 Å². The van der Waals surface area contributed by atoms with Crippen LogP contribution in [0, 0.1) is 5.92 Å². The van der Waals surface area contributed by atoms with E-state index in [1.165, 1.54) is 19.4 Å². The molecule has 0 bridgehead atoms. The van der Waals surface area contributed by atoms with Crippen molar-refractivity contribution in [3.8, 4) is 0 Å². The summed E-state index contributed by atoms with van der Waals surface area (Å²) in [6, 6.07) is 0.644. The highest BCUT2D eigenvalue weighted by Crippen LogP contribution is 2.22. The third-order valence-corrected chi connectivity index (χ3v) is 3.83. The molecular formula is C14H27N3O2. The zero-order valence-electron chi connectivity index (χ0n) is 12.2. The van der Waals surface area contributed by atoms with Crippen LogP contribution >= 0.6 is 0 Å². The quantitative estimate of drug-likeness (QED) is 0.724. The van der Waals surface area contributed by atoms with Crippen LogP contribution in [0.25, 0.3) is 0 Å². The van der Waals surface area contributed by atoms with Gasteiger partial charge in [0.1, 0.15) is 0 Å². The fraction of sp³-hybridized carbons (Fsp3) is 0.929. The van der Waals surface area contributed by atoms with E-state index in [1.54, 1.807) is 0 Å². The van der Waals surface area contributed by atoms with E-state index in [-0.39, 0.29) is 12.0 Å². The third-order valence-electron chi connectivity index (χ3n) is 3.83. The van der Waals surface area contributed by atoms with Crippen LogP contribution in [0.15, 0.2) is 0 Å². The summed E-state index contributed by atoms with van der Waals surface area (Å²) < 4.78 is 5.84. The molecule has 2 heterocycles. The molecule has 1 amide bonds. The maximum atomic E-state index is 11.5. The monoisotopic (exact) mass is 269 g/mol. The third kappa shape index (κ3) is 4.75. The highest BCUT2D eigenvalue weighted by molar-refractivity contribution is 5.77. The number of carbonyl (C=O) groups excluding carboxylic acids is 1. The van der Waals surface area contributed by atoms with Gasteiger partial charge in [-0.25, -0.2) is 0 Å². The fourth-order valence-corrected chi connectivity index (χ4v) is 2.74. The molecule has 19 heavy (non-hydrogen) atoms. The largest absolute Gasteiger partial charge is 0.374 e. The Morgan fingerprint density at radius 3 is 3.11 bits per heavy atom. The van der Waals surface area contributed by atoms with E-state index in [9.17, 15) is 4.79 Å². The van der Waals surface area contributed by atoms with Crippen LogP contribution in [0.1, 0.15) is 26.7 Å². The van der Waals surface area contributed by atoms with Gasteiger partial charge in [0.05, 0.1) is 19.3 Å². The molecule has 2 rings (SSSR count). The van der Waals surface area contributed by atoms with Crippen LogP contribution in [0.2, 0.25) is 0 Å². The van der Waals surface area contributed by atoms with E-state index in [0.717, 1.165) is 26.2 Å². The molecule has 0 spiro atoms. The number of nitrogens with zero attached hydrogens (tertiary/aromatic N) is 1. The average Bonchev–Trinajstić information content (AvgIpc) is 2.83. The van der Waals surface area contributed by atoms with E-state index in [2.05, 4.69) is 29.4 Å². The number of nitrogens with one attached hydrogen (secondary N) is 2. The Labute approximate surface area is 116 Å². The lowest BCUT2D eigenvalue weighted by Gasteiger charge is -2.35. The van der Waals surface area contributed by atoms with Crippen LogP contribution in [0.5, 0.6) is 0 Å². The van der Waals surface area contributed by atoms with Crippen molar-refractivity contribution in [2.24, 2.45) is 5.92 Å². The molecule has 5 nitrogen and oxygen atoms in total. The summed E-state index contributed by atoms with van der Waals surface area (Å²) in [7, 11) is 0. The maximum absolute atomic E-state index is 11.5. The molecule has 5 heteroatoms. The van der Waals surface area contributed by atoms with Gasteiger partial charge in [-0.2, -0.15) is 0 Å². The molecule has 0 saturated carbocycles. The zero-order valence-corrected chi connectivity index (χ0v) is 12.2. The fourth-order valence-electron chi connectivity index (χ4n) is 2.74. The standard InChI is InChI=1S/C14H27N3O2/c1-11(2)6-16-14(18)8-15-7-13-9-17-5-3-4-12(17)10-19-13/h11-13,15H,3-10H2,1-2H3,(H,16,18). The second-order valence-electron chi connectivity index (χ2n) is 6.08. The summed E-state index contributed by atoms with van der Waals surface area (Å²) in [5.74, 6) is 0.571. The summed E-state index contributed by atoms with van der Waals surface area (Å²) in [4.78, 5) is 14.1. The van der Waals surface area contributed by atoms with Crippen LogP contribution < -0.4 is 10.6 Å². The summed E-state index contributed by atoms with van der Waals surface area (Å²) in [5, 5.41) is 6.10. The molecule has 2 fully saturated rings. The first kappa shape index (κ1) is 14.8. The second kappa shape index (κ2) is 7.22. The highest BCUT2D eigenvalue weighted by Gasteiger charge is 2.31. The number of rotatable bonds is 6. The number of hydrogen-bond donors (Lipinski definition) is 2. The van der Waals surface area contributed by atoms with Gasteiger partial charge < -0.3 is 15.4 Å². The Balaban J connectivity index is 1.57. The number of morpholine rings is 1. The molecule has 2 atom stereocenters. The second-order valence-corrected chi connectivity index (χ2v) is 6.08. The van der Waals surface area contributed by atoms with Gasteiger partial charge in [-0.3, -0.25) is 9.69 Å². The summed E-state index contributed by atoms with van der Waals surface area (Å²) in [6.07, 6.45) is 2.80. The van der Waals surface area contributed by atoms with Crippen molar-refractivity contribution in [3.63, 3.8) is 0 Å². The van der Waals surface area contributed by atoms with Gasteiger partial charge in [0.15, 0.2) is 0 Å². The molecule has 2 unspecified atom stereocenters. The topological polar surface area (TPSA) is 53.6 Å². The minimum absolute atomic E-state index is 0.0727. The van der Waals surface area contributed by atoms with Crippen molar-refractivity contribution < 1.29 is 9.53 Å². The number of amides is 1. The van der Waals surface area contributed by atoms with E-state index in [0.29, 0.717) is 18.5 Å². The van der Waals surface area contributed by atoms with Gasteiger partial charge in [-0.15, -0.1) is 0 Å². The molecule has 2 N–H and O–H groups in total. The van der Waals surface area contributed by atoms with Crippen molar-refractivity contribution in [1.82, 2.24) is 15.5 Å². The first-order valence-electron chi connectivity index (χ1n) is 7.48. The number of fused-ring (bicyclic) bond motifs is 1. The van der Waals surface area contributed by atoms with Crippen LogP contribution in [-0.4, -0.2) is 62.3 Å². The SMILES string of the molecule is CC(C)CNC(=O)CNCC1CN2CCCC2CO1. The minimum atomic E-state index is 0.0727. The predicted octanol–water partition coefficient (Wildman–Crippen LogP) is 0.211. The van der Waals surface area contributed by atoms with Crippen molar-refractivity contribution in [2.45, 2.75) is 38.8 Å². The van der Waals surface area contributed by atoms with Gasteiger partial charge in [-0.05, 0) is 25.3 Å². The van der Waals surface area contributed by atoms with Crippen molar-refractivity contribution in [3.05, 3.63) is 0 Å². The Hall–Kier alpha value is -0.650. The smallest absolute Gasteiger partial charge is 0.233 e. The van der Waals surface area contributed by atoms with E-state index < -0.39 is 0 Å². The lowest BCUT2D eigenvalue weighted by Crippen LogP contribution is -2.50. The van der Waals surface area contributed by atoms with Gasteiger partial charge in [-0.1, -0.05) is 13.8 Å². The van der Waals surface area contributed by atoms with E-state index in [4.69, 9.17) is 4.74 Å². The molecule has 0 aromatic heterocycles.